The summed E-state index contributed by atoms with van der Waals surface area (Å²) in [6.45, 7) is 5.71. The third kappa shape index (κ3) is 2.83. The number of nitrogens with zero attached hydrogens (tertiary/aromatic N) is 2. The fourth-order valence-corrected chi connectivity index (χ4v) is 2.11. The number of hydrogen-bond donors (Lipinski definition) is 1. The Labute approximate surface area is 124 Å². The third-order valence-corrected chi connectivity index (χ3v) is 3.65. The minimum atomic E-state index is -1.30. The topological polar surface area (TPSA) is 64.5 Å². The Morgan fingerprint density at radius 2 is 1.81 bits per heavy atom. The van der Waals surface area contributed by atoms with Crippen molar-refractivity contribution in [3.63, 3.8) is 0 Å². The Kier molecular flexibility index (Phi) is 4.14. The summed E-state index contributed by atoms with van der Waals surface area (Å²) in [4.78, 5) is 8.43. The van der Waals surface area contributed by atoms with Crippen molar-refractivity contribution in [3.05, 3.63) is 46.8 Å². The van der Waals surface area contributed by atoms with Gasteiger partial charge in [-0.1, -0.05) is 18.2 Å². The van der Waals surface area contributed by atoms with Gasteiger partial charge in [-0.15, -0.1) is 0 Å². The van der Waals surface area contributed by atoms with E-state index >= 15 is 0 Å². The molecule has 0 fully saturated rings. The Bertz CT molecular complexity index is 654. The average Bonchev–Trinajstić information content (AvgIpc) is 2.49. The van der Waals surface area contributed by atoms with E-state index in [-0.39, 0.29) is 5.88 Å². The van der Waals surface area contributed by atoms with Gasteiger partial charge in [-0.3, -0.25) is 0 Å². The van der Waals surface area contributed by atoms with Gasteiger partial charge in [0, 0.05) is 0 Å². The molecule has 0 amide bonds. The predicted octanol–water partition coefficient (Wildman–Crippen LogP) is 2.37. The van der Waals surface area contributed by atoms with Crippen molar-refractivity contribution in [2.75, 3.05) is 14.2 Å². The predicted molar refractivity (Wildman–Crippen MR) is 79.7 cm³/mol. The average molecular weight is 288 g/mol. The minimum Gasteiger partial charge on any atom is -0.480 e. The lowest BCUT2D eigenvalue weighted by Crippen LogP contribution is -2.26. The molecule has 0 bridgehead atoms. The first kappa shape index (κ1) is 15.3. The zero-order valence-corrected chi connectivity index (χ0v) is 13.0. The number of rotatable bonds is 4. The van der Waals surface area contributed by atoms with Crippen LogP contribution in [0.2, 0.25) is 0 Å². The number of aromatic nitrogens is 2. The Hall–Kier alpha value is -2.14. The van der Waals surface area contributed by atoms with Crippen LogP contribution in [0.5, 0.6) is 11.8 Å². The summed E-state index contributed by atoms with van der Waals surface area (Å²) in [7, 11) is 2.99. The Morgan fingerprint density at radius 3 is 2.38 bits per heavy atom. The molecule has 1 N–H and O–H groups in total. The van der Waals surface area contributed by atoms with Crippen LogP contribution < -0.4 is 9.47 Å². The standard InChI is InChI=1S/C16H20N2O3/c1-10-6-7-12(8-11(10)2)16(3,19)14-15(21-5)18-13(20-4)9-17-14/h6-9,19H,1-5H3. The van der Waals surface area contributed by atoms with Crippen LogP contribution in [0.3, 0.4) is 0 Å². The quantitative estimate of drug-likeness (QED) is 0.935. The van der Waals surface area contributed by atoms with Gasteiger partial charge in [0.25, 0.3) is 0 Å². The SMILES string of the molecule is COc1cnc(C(C)(O)c2ccc(C)c(C)c2)c(OC)n1. The number of ether oxygens (including phenoxy) is 2. The van der Waals surface area contributed by atoms with E-state index in [0.29, 0.717) is 11.6 Å². The molecule has 0 spiro atoms. The minimum absolute atomic E-state index is 0.248. The molecule has 5 nitrogen and oxygen atoms in total. The van der Waals surface area contributed by atoms with Gasteiger partial charge in [-0.2, -0.15) is 4.98 Å². The van der Waals surface area contributed by atoms with Crippen LogP contribution in [0.1, 0.15) is 29.3 Å². The molecule has 0 saturated carbocycles. The molecule has 1 heterocycles. The lowest BCUT2D eigenvalue weighted by Gasteiger charge is -2.25. The number of hydrogen-bond acceptors (Lipinski definition) is 5. The van der Waals surface area contributed by atoms with E-state index in [1.807, 2.05) is 32.0 Å². The first-order chi connectivity index (χ1) is 9.90. The number of methoxy groups -OCH3 is 2. The highest BCUT2D eigenvalue weighted by molar-refractivity contribution is 5.40. The Morgan fingerprint density at radius 1 is 1.10 bits per heavy atom. The van der Waals surface area contributed by atoms with Crippen LogP contribution >= 0.6 is 0 Å². The van der Waals surface area contributed by atoms with Gasteiger partial charge in [-0.25, -0.2) is 4.98 Å². The van der Waals surface area contributed by atoms with Gasteiger partial charge < -0.3 is 14.6 Å². The molecule has 5 heteroatoms. The molecule has 1 aromatic carbocycles. The number of aryl methyl sites for hydroxylation is 2. The van der Waals surface area contributed by atoms with E-state index in [4.69, 9.17) is 9.47 Å². The molecular formula is C16H20N2O3. The van der Waals surface area contributed by atoms with E-state index < -0.39 is 5.60 Å². The lowest BCUT2D eigenvalue weighted by molar-refractivity contribution is 0.0926. The van der Waals surface area contributed by atoms with Gasteiger partial charge in [-0.05, 0) is 37.5 Å². The second-order valence-electron chi connectivity index (χ2n) is 5.14. The molecule has 0 aliphatic heterocycles. The van der Waals surface area contributed by atoms with E-state index in [1.54, 1.807) is 6.92 Å². The first-order valence-electron chi connectivity index (χ1n) is 6.65. The van der Waals surface area contributed by atoms with Gasteiger partial charge in [0.15, 0.2) is 0 Å². The molecule has 1 unspecified atom stereocenters. The molecule has 1 atom stereocenters. The lowest BCUT2D eigenvalue weighted by atomic mass is 9.90. The summed E-state index contributed by atoms with van der Waals surface area (Å²) in [5.74, 6) is 0.587. The van der Waals surface area contributed by atoms with Crippen LogP contribution in [0.25, 0.3) is 0 Å². The molecular weight excluding hydrogens is 268 g/mol. The van der Waals surface area contributed by atoms with Gasteiger partial charge in [0.1, 0.15) is 11.3 Å². The summed E-state index contributed by atoms with van der Waals surface area (Å²) >= 11 is 0. The maximum Gasteiger partial charge on any atom is 0.242 e. The van der Waals surface area contributed by atoms with Crippen molar-refractivity contribution in [1.29, 1.82) is 0 Å². The first-order valence-corrected chi connectivity index (χ1v) is 6.65. The van der Waals surface area contributed by atoms with Gasteiger partial charge in [0.2, 0.25) is 11.8 Å². The van der Waals surface area contributed by atoms with Crippen molar-refractivity contribution in [3.8, 4) is 11.8 Å². The summed E-state index contributed by atoms with van der Waals surface area (Å²) in [6.07, 6.45) is 1.47. The zero-order chi connectivity index (χ0) is 15.6. The summed E-state index contributed by atoms with van der Waals surface area (Å²) in [5.41, 5.74) is 2.07. The monoisotopic (exact) mass is 288 g/mol. The molecule has 2 rings (SSSR count). The molecule has 0 radical (unpaired) electrons. The maximum absolute atomic E-state index is 10.9. The van der Waals surface area contributed by atoms with Crippen molar-refractivity contribution < 1.29 is 14.6 Å². The van der Waals surface area contributed by atoms with Crippen LogP contribution in [-0.4, -0.2) is 29.3 Å². The number of benzene rings is 1. The van der Waals surface area contributed by atoms with Crippen LogP contribution in [0.15, 0.2) is 24.4 Å². The third-order valence-electron chi connectivity index (χ3n) is 3.65. The Balaban J connectivity index is 2.54. The maximum atomic E-state index is 10.9. The van der Waals surface area contributed by atoms with E-state index in [2.05, 4.69) is 9.97 Å². The highest BCUT2D eigenvalue weighted by atomic mass is 16.5. The summed E-state index contributed by atoms with van der Waals surface area (Å²) < 4.78 is 10.3. The smallest absolute Gasteiger partial charge is 0.242 e. The summed E-state index contributed by atoms with van der Waals surface area (Å²) in [6, 6.07) is 5.80. The molecule has 0 aliphatic carbocycles. The van der Waals surface area contributed by atoms with Crippen LogP contribution in [-0.2, 0) is 5.60 Å². The molecule has 2 aromatic rings. The highest BCUT2D eigenvalue weighted by Crippen LogP contribution is 2.34. The van der Waals surface area contributed by atoms with Gasteiger partial charge >= 0.3 is 0 Å². The fourth-order valence-electron chi connectivity index (χ4n) is 2.11. The van der Waals surface area contributed by atoms with Crippen molar-refractivity contribution in [1.82, 2.24) is 9.97 Å². The van der Waals surface area contributed by atoms with Crippen LogP contribution in [0.4, 0.5) is 0 Å². The van der Waals surface area contributed by atoms with E-state index in [9.17, 15) is 5.11 Å². The highest BCUT2D eigenvalue weighted by Gasteiger charge is 2.32. The molecule has 1 aromatic heterocycles. The molecule has 112 valence electrons. The van der Waals surface area contributed by atoms with Gasteiger partial charge in [0.05, 0.1) is 20.4 Å². The molecule has 0 saturated heterocycles. The zero-order valence-electron chi connectivity index (χ0n) is 13.0. The van der Waals surface area contributed by atoms with E-state index in [0.717, 1.165) is 11.1 Å². The summed E-state index contributed by atoms with van der Waals surface area (Å²) in [5, 5.41) is 10.9. The second-order valence-corrected chi connectivity index (χ2v) is 5.14. The normalized spacial score (nSPS) is 13.6. The van der Waals surface area contributed by atoms with Crippen LogP contribution in [0, 0.1) is 13.8 Å². The second kappa shape index (κ2) is 5.69. The molecule has 0 aliphatic rings. The largest absolute Gasteiger partial charge is 0.480 e. The van der Waals surface area contributed by atoms with Crippen molar-refractivity contribution in [2.45, 2.75) is 26.4 Å². The van der Waals surface area contributed by atoms with Crippen molar-refractivity contribution in [2.24, 2.45) is 0 Å². The van der Waals surface area contributed by atoms with Crippen molar-refractivity contribution >= 4 is 0 Å². The number of aliphatic hydroxyl groups is 1. The van der Waals surface area contributed by atoms with E-state index in [1.165, 1.54) is 26.0 Å². The fraction of sp³-hybridized carbons (Fsp3) is 0.375. The molecule has 21 heavy (non-hydrogen) atoms.